The maximum absolute atomic E-state index is 11.2. The van der Waals surface area contributed by atoms with Gasteiger partial charge in [0.05, 0.1) is 13.0 Å². The number of carbonyl (C=O) groups is 1. The molecule has 0 aromatic rings. The highest BCUT2D eigenvalue weighted by Crippen LogP contribution is 2.27. The number of ether oxygens (including phenoxy) is 1. The summed E-state index contributed by atoms with van der Waals surface area (Å²) in [6.07, 6.45) is 0. The van der Waals surface area contributed by atoms with Gasteiger partial charge >= 0.3 is 5.97 Å². The molecule has 82 valence electrons. The predicted octanol–water partition coefficient (Wildman–Crippen LogP) is 0.211. The smallest absolute Gasteiger partial charge is 0.310 e. The topological polar surface area (TPSA) is 63.7 Å². The second kappa shape index (κ2) is 4.04. The van der Waals surface area contributed by atoms with E-state index in [1.54, 1.807) is 6.92 Å². The Morgan fingerprint density at radius 1 is 1.50 bits per heavy atom. The zero-order valence-electron chi connectivity index (χ0n) is 7.94. The first-order valence-electron chi connectivity index (χ1n) is 4.14. The Morgan fingerprint density at radius 2 is 2.07 bits per heavy atom. The second-order valence-electron chi connectivity index (χ2n) is 3.37. The lowest BCUT2D eigenvalue weighted by Gasteiger charge is -2.10. The van der Waals surface area contributed by atoms with Crippen LogP contribution in [-0.4, -0.2) is 38.9 Å². The van der Waals surface area contributed by atoms with Crippen LogP contribution in [0.5, 0.6) is 0 Å². The van der Waals surface area contributed by atoms with Gasteiger partial charge in [-0.15, -0.1) is 0 Å². The van der Waals surface area contributed by atoms with Crippen LogP contribution in [0.1, 0.15) is 6.92 Å². The highest BCUT2D eigenvalue weighted by Gasteiger charge is 2.39. The molecular formula is C7H12ClNO4S. The summed E-state index contributed by atoms with van der Waals surface area (Å²) >= 11 is 0. The fourth-order valence-corrected chi connectivity index (χ4v) is 2.65. The molecule has 1 fully saturated rings. The van der Waals surface area contributed by atoms with Crippen LogP contribution in [-0.2, 0) is 18.8 Å². The van der Waals surface area contributed by atoms with E-state index in [1.807, 2.05) is 0 Å². The molecule has 1 aliphatic heterocycles. The van der Waals surface area contributed by atoms with Crippen LogP contribution in [0.15, 0.2) is 0 Å². The zero-order valence-corrected chi connectivity index (χ0v) is 9.51. The lowest BCUT2D eigenvalue weighted by molar-refractivity contribution is -0.145. The monoisotopic (exact) mass is 241 g/mol. The van der Waals surface area contributed by atoms with Gasteiger partial charge in [-0.3, -0.25) is 4.79 Å². The van der Waals surface area contributed by atoms with Gasteiger partial charge in [0.15, 0.2) is 0 Å². The van der Waals surface area contributed by atoms with Gasteiger partial charge in [0.1, 0.15) is 0 Å². The van der Waals surface area contributed by atoms with E-state index in [9.17, 15) is 13.2 Å². The largest absolute Gasteiger partial charge is 0.469 e. The summed E-state index contributed by atoms with van der Waals surface area (Å²) in [7, 11) is 2.74. The van der Waals surface area contributed by atoms with Gasteiger partial charge in [0.2, 0.25) is 0 Å². The minimum atomic E-state index is -3.71. The van der Waals surface area contributed by atoms with Gasteiger partial charge in [-0.05, 0) is 5.92 Å². The molecule has 0 aromatic carbocycles. The minimum absolute atomic E-state index is 0.0593. The summed E-state index contributed by atoms with van der Waals surface area (Å²) in [6.45, 7) is 2.18. The van der Waals surface area contributed by atoms with Crippen molar-refractivity contribution in [2.24, 2.45) is 11.8 Å². The maximum atomic E-state index is 11.2. The van der Waals surface area contributed by atoms with E-state index in [0.29, 0.717) is 0 Å². The molecule has 7 heteroatoms. The van der Waals surface area contributed by atoms with Crippen molar-refractivity contribution < 1.29 is 17.9 Å². The molecule has 2 atom stereocenters. The highest BCUT2D eigenvalue weighted by atomic mass is 35.7. The average molecular weight is 242 g/mol. The SMILES string of the molecule is COC(=O)C1CN(S(=O)(=O)Cl)CC1C. The van der Waals surface area contributed by atoms with Gasteiger partial charge in [-0.1, -0.05) is 6.92 Å². The van der Waals surface area contributed by atoms with E-state index < -0.39 is 15.2 Å². The maximum Gasteiger partial charge on any atom is 0.310 e. The summed E-state index contributed by atoms with van der Waals surface area (Å²) in [5, 5.41) is 0. The molecule has 0 amide bonds. The van der Waals surface area contributed by atoms with Gasteiger partial charge in [0, 0.05) is 23.8 Å². The molecule has 0 aliphatic carbocycles. The van der Waals surface area contributed by atoms with E-state index in [0.717, 1.165) is 4.31 Å². The fraction of sp³-hybridized carbons (Fsp3) is 0.857. The highest BCUT2D eigenvalue weighted by molar-refractivity contribution is 8.11. The van der Waals surface area contributed by atoms with Gasteiger partial charge in [-0.25, -0.2) is 0 Å². The zero-order chi connectivity index (χ0) is 10.9. The molecule has 0 saturated carbocycles. The average Bonchev–Trinajstić information content (AvgIpc) is 2.45. The third-order valence-electron chi connectivity index (χ3n) is 2.39. The summed E-state index contributed by atoms with van der Waals surface area (Å²) in [4.78, 5) is 11.2. The lowest BCUT2D eigenvalue weighted by atomic mass is 9.99. The molecule has 14 heavy (non-hydrogen) atoms. The third kappa shape index (κ3) is 2.37. The van der Waals surface area contributed by atoms with Crippen LogP contribution in [0, 0.1) is 11.8 Å². The van der Waals surface area contributed by atoms with Crippen molar-refractivity contribution >= 4 is 25.9 Å². The molecule has 0 N–H and O–H groups in total. The molecule has 1 saturated heterocycles. The van der Waals surface area contributed by atoms with Crippen molar-refractivity contribution in [2.45, 2.75) is 6.92 Å². The summed E-state index contributed by atoms with van der Waals surface area (Å²) in [5.74, 6) is -0.857. The Bertz CT molecular complexity index is 329. The lowest BCUT2D eigenvalue weighted by Crippen LogP contribution is -2.26. The standard InChI is InChI=1S/C7H12ClNO4S/c1-5-3-9(14(8,11)12)4-6(5)7(10)13-2/h5-6H,3-4H2,1-2H3. The van der Waals surface area contributed by atoms with Crippen molar-refractivity contribution in [1.29, 1.82) is 0 Å². The van der Waals surface area contributed by atoms with Gasteiger partial charge in [-0.2, -0.15) is 12.7 Å². The van der Waals surface area contributed by atoms with Crippen molar-refractivity contribution in [3.05, 3.63) is 0 Å². The molecular weight excluding hydrogens is 230 g/mol. The van der Waals surface area contributed by atoms with Crippen LogP contribution >= 0.6 is 10.7 Å². The third-order valence-corrected chi connectivity index (χ3v) is 3.89. The predicted molar refractivity (Wildman–Crippen MR) is 51.0 cm³/mol. The number of hydrogen-bond donors (Lipinski definition) is 0. The van der Waals surface area contributed by atoms with Crippen LogP contribution in [0.3, 0.4) is 0 Å². The molecule has 5 nitrogen and oxygen atoms in total. The Kier molecular flexibility index (Phi) is 3.39. The van der Waals surface area contributed by atoms with E-state index in [-0.39, 0.29) is 25.0 Å². The van der Waals surface area contributed by atoms with Crippen LogP contribution < -0.4 is 0 Å². The summed E-state index contributed by atoms with van der Waals surface area (Å²) < 4.78 is 27.6. The Labute approximate surface area is 87.5 Å². The molecule has 0 bridgehead atoms. The number of carbonyl (C=O) groups excluding carboxylic acids is 1. The number of esters is 1. The van der Waals surface area contributed by atoms with E-state index in [1.165, 1.54) is 7.11 Å². The molecule has 2 unspecified atom stereocenters. The Balaban J connectivity index is 2.75. The summed E-state index contributed by atoms with van der Waals surface area (Å²) in [5.41, 5.74) is 0. The fourth-order valence-electron chi connectivity index (χ4n) is 1.56. The van der Waals surface area contributed by atoms with E-state index in [4.69, 9.17) is 10.7 Å². The van der Waals surface area contributed by atoms with Crippen molar-refractivity contribution in [1.82, 2.24) is 4.31 Å². The Morgan fingerprint density at radius 3 is 2.43 bits per heavy atom. The molecule has 1 rings (SSSR count). The minimum Gasteiger partial charge on any atom is -0.469 e. The van der Waals surface area contributed by atoms with Crippen LogP contribution in [0.2, 0.25) is 0 Å². The number of halogens is 1. The van der Waals surface area contributed by atoms with Crippen molar-refractivity contribution in [3.63, 3.8) is 0 Å². The first-order valence-corrected chi connectivity index (χ1v) is 6.40. The van der Waals surface area contributed by atoms with Crippen LogP contribution in [0.4, 0.5) is 0 Å². The van der Waals surface area contributed by atoms with Gasteiger partial charge in [0.25, 0.3) is 9.24 Å². The van der Waals surface area contributed by atoms with Crippen molar-refractivity contribution in [2.75, 3.05) is 20.2 Å². The molecule has 0 spiro atoms. The van der Waals surface area contributed by atoms with E-state index >= 15 is 0 Å². The number of methoxy groups -OCH3 is 1. The number of rotatable bonds is 2. The van der Waals surface area contributed by atoms with E-state index in [2.05, 4.69) is 4.74 Å². The van der Waals surface area contributed by atoms with Crippen molar-refractivity contribution in [3.8, 4) is 0 Å². The van der Waals surface area contributed by atoms with Crippen LogP contribution in [0.25, 0.3) is 0 Å². The molecule has 1 heterocycles. The first-order chi connectivity index (χ1) is 6.36. The molecule has 1 aliphatic rings. The molecule has 0 radical (unpaired) electrons. The quantitative estimate of drug-likeness (QED) is 0.512. The normalized spacial score (nSPS) is 29.1. The second-order valence-corrected chi connectivity index (χ2v) is 5.88. The number of hydrogen-bond acceptors (Lipinski definition) is 4. The van der Waals surface area contributed by atoms with Gasteiger partial charge < -0.3 is 4.74 Å². The summed E-state index contributed by atoms with van der Waals surface area (Å²) in [6, 6.07) is 0. The first kappa shape index (κ1) is 11.7. The number of nitrogens with zero attached hydrogens (tertiary/aromatic N) is 1. The molecule has 0 aromatic heterocycles. The Hall–Kier alpha value is -0.330.